The molecule has 3 aromatic rings. The SMILES string of the molecule is COc1ccc(C(=O)Oc2cccc(/C=N/NC(=O)Cn3nc(C)c(Br)c3C)c2)cc1. The van der Waals surface area contributed by atoms with E-state index in [-0.39, 0.29) is 12.5 Å². The van der Waals surface area contributed by atoms with Gasteiger partial charge in [-0.25, -0.2) is 10.2 Å². The van der Waals surface area contributed by atoms with Crippen molar-refractivity contribution in [3.63, 3.8) is 0 Å². The van der Waals surface area contributed by atoms with E-state index in [0.29, 0.717) is 22.6 Å². The molecular formula is C22H21BrN4O4. The Kier molecular flexibility index (Phi) is 7.19. The summed E-state index contributed by atoms with van der Waals surface area (Å²) in [7, 11) is 1.56. The maximum Gasteiger partial charge on any atom is 0.343 e. The number of rotatable bonds is 7. The van der Waals surface area contributed by atoms with Gasteiger partial charge in [0.15, 0.2) is 0 Å². The third kappa shape index (κ3) is 5.79. The number of carbonyl (C=O) groups excluding carboxylic acids is 2. The van der Waals surface area contributed by atoms with Crippen molar-refractivity contribution in [2.45, 2.75) is 20.4 Å². The van der Waals surface area contributed by atoms with Crippen LogP contribution in [0.3, 0.4) is 0 Å². The lowest BCUT2D eigenvalue weighted by atomic mass is 10.2. The van der Waals surface area contributed by atoms with Crippen LogP contribution in [-0.4, -0.2) is 35.0 Å². The number of aryl methyl sites for hydroxylation is 1. The van der Waals surface area contributed by atoms with Crippen LogP contribution < -0.4 is 14.9 Å². The van der Waals surface area contributed by atoms with Gasteiger partial charge in [-0.3, -0.25) is 9.48 Å². The first-order valence-corrected chi connectivity index (χ1v) is 10.1. The van der Waals surface area contributed by atoms with E-state index in [1.807, 2.05) is 13.8 Å². The average Bonchev–Trinajstić information content (AvgIpc) is 3.00. The van der Waals surface area contributed by atoms with E-state index < -0.39 is 5.97 Å². The molecule has 2 aromatic carbocycles. The van der Waals surface area contributed by atoms with Gasteiger partial charge in [0.05, 0.1) is 34.7 Å². The summed E-state index contributed by atoms with van der Waals surface area (Å²) >= 11 is 3.43. The predicted octanol–water partition coefficient (Wildman–Crippen LogP) is 3.64. The van der Waals surface area contributed by atoms with Crippen molar-refractivity contribution < 1.29 is 19.1 Å². The summed E-state index contributed by atoms with van der Waals surface area (Å²) in [6.07, 6.45) is 1.47. The number of esters is 1. The Balaban J connectivity index is 1.57. The molecule has 0 radical (unpaired) electrons. The third-order valence-corrected chi connectivity index (χ3v) is 5.53. The summed E-state index contributed by atoms with van der Waals surface area (Å²) in [5.74, 6) is 0.225. The van der Waals surface area contributed by atoms with Crippen LogP contribution in [-0.2, 0) is 11.3 Å². The Morgan fingerprint density at radius 3 is 2.55 bits per heavy atom. The highest BCUT2D eigenvalue weighted by Gasteiger charge is 2.11. The van der Waals surface area contributed by atoms with Crippen LogP contribution >= 0.6 is 15.9 Å². The zero-order chi connectivity index (χ0) is 22.4. The fourth-order valence-electron chi connectivity index (χ4n) is 2.73. The Morgan fingerprint density at radius 2 is 1.90 bits per heavy atom. The largest absolute Gasteiger partial charge is 0.497 e. The zero-order valence-electron chi connectivity index (χ0n) is 17.3. The molecule has 0 aliphatic carbocycles. The number of methoxy groups -OCH3 is 1. The second-order valence-corrected chi connectivity index (χ2v) is 7.42. The molecule has 0 aliphatic heterocycles. The predicted molar refractivity (Wildman–Crippen MR) is 120 cm³/mol. The molecule has 0 saturated carbocycles. The fraction of sp³-hybridized carbons (Fsp3) is 0.182. The van der Waals surface area contributed by atoms with Gasteiger partial charge in [-0.2, -0.15) is 10.2 Å². The number of hydrogen-bond acceptors (Lipinski definition) is 6. The van der Waals surface area contributed by atoms with Gasteiger partial charge in [-0.15, -0.1) is 0 Å². The highest BCUT2D eigenvalue weighted by Crippen LogP contribution is 2.19. The molecule has 0 atom stereocenters. The molecule has 8 nitrogen and oxygen atoms in total. The highest BCUT2D eigenvalue weighted by atomic mass is 79.9. The number of halogens is 1. The van der Waals surface area contributed by atoms with E-state index in [1.54, 1.807) is 60.3 Å². The van der Waals surface area contributed by atoms with Gasteiger partial charge in [0.1, 0.15) is 18.0 Å². The number of carbonyl (C=O) groups is 2. The smallest absolute Gasteiger partial charge is 0.343 e. The van der Waals surface area contributed by atoms with Crippen molar-refractivity contribution in [2.75, 3.05) is 7.11 Å². The molecule has 1 amide bonds. The van der Waals surface area contributed by atoms with Crippen molar-refractivity contribution in [3.8, 4) is 11.5 Å². The molecule has 0 unspecified atom stereocenters. The minimum absolute atomic E-state index is 0.0507. The summed E-state index contributed by atoms with van der Waals surface area (Å²) < 4.78 is 13.0. The fourth-order valence-corrected chi connectivity index (χ4v) is 3.01. The van der Waals surface area contributed by atoms with Gasteiger partial charge >= 0.3 is 5.97 Å². The van der Waals surface area contributed by atoms with Crippen molar-refractivity contribution >= 4 is 34.0 Å². The number of nitrogens with one attached hydrogen (secondary N) is 1. The second-order valence-electron chi connectivity index (χ2n) is 6.63. The lowest BCUT2D eigenvalue weighted by molar-refractivity contribution is -0.121. The molecule has 0 aliphatic rings. The number of nitrogens with zero attached hydrogens (tertiary/aromatic N) is 3. The van der Waals surface area contributed by atoms with Crippen LogP contribution in [0.4, 0.5) is 0 Å². The minimum Gasteiger partial charge on any atom is -0.497 e. The highest BCUT2D eigenvalue weighted by molar-refractivity contribution is 9.10. The van der Waals surface area contributed by atoms with Crippen LogP contribution in [0.2, 0.25) is 0 Å². The first kappa shape index (κ1) is 22.2. The number of amides is 1. The molecular weight excluding hydrogens is 464 g/mol. The normalized spacial score (nSPS) is 10.8. The maximum atomic E-state index is 12.3. The van der Waals surface area contributed by atoms with Crippen molar-refractivity contribution in [1.29, 1.82) is 0 Å². The summed E-state index contributed by atoms with van der Waals surface area (Å²) in [5.41, 5.74) is 5.21. The molecule has 1 N–H and O–H groups in total. The average molecular weight is 485 g/mol. The summed E-state index contributed by atoms with van der Waals surface area (Å²) in [4.78, 5) is 24.4. The molecule has 31 heavy (non-hydrogen) atoms. The third-order valence-electron chi connectivity index (χ3n) is 4.38. The summed E-state index contributed by atoms with van der Waals surface area (Å²) in [6, 6.07) is 13.5. The standard InChI is InChI=1S/C22H21BrN4O4/c1-14-21(23)15(2)27(26-14)13-20(28)25-24-12-16-5-4-6-19(11-16)31-22(29)17-7-9-18(30-3)10-8-17/h4-12H,13H2,1-3H3,(H,25,28)/b24-12+. The summed E-state index contributed by atoms with van der Waals surface area (Å²) in [6.45, 7) is 3.78. The van der Waals surface area contributed by atoms with Crippen LogP contribution in [0, 0.1) is 13.8 Å². The second kappa shape index (κ2) is 10.0. The van der Waals surface area contributed by atoms with Crippen LogP contribution in [0.15, 0.2) is 58.1 Å². The lowest BCUT2D eigenvalue weighted by Gasteiger charge is -2.06. The van der Waals surface area contributed by atoms with Crippen molar-refractivity contribution in [1.82, 2.24) is 15.2 Å². The Morgan fingerprint density at radius 1 is 1.16 bits per heavy atom. The van der Waals surface area contributed by atoms with Gasteiger partial charge < -0.3 is 9.47 Å². The molecule has 3 rings (SSSR count). The number of hydrogen-bond donors (Lipinski definition) is 1. The lowest BCUT2D eigenvalue weighted by Crippen LogP contribution is -2.24. The quantitative estimate of drug-likeness (QED) is 0.239. The van der Waals surface area contributed by atoms with E-state index in [0.717, 1.165) is 15.9 Å². The van der Waals surface area contributed by atoms with E-state index >= 15 is 0 Å². The Hall–Kier alpha value is -3.46. The number of aromatic nitrogens is 2. The van der Waals surface area contributed by atoms with Gasteiger partial charge in [0.2, 0.25) is 0 Å². The monoisotopic (exact) mass is 484 g/mol. The maximum absolute atomic E-state index is 12.3. The Labute approximate surface area is 188 Å². The van der Waals surface area contributed by atoms with Crippen LogP contribution in [0.1, 0.15) is 27.3 Å². The molecule has 1 aromatic heterocycles. The van der Waals surface area contributed by atoms with Crippen LogP contribution in [0.25, 0.3) is 0 Å². The Bertz CT molecular complexity index is 1120. The van der Waals surface area contributed by atoms with E-state index in [1.165, 1.54) is 6.21 Å². The molecule has 9 heteroatoms. The first-order chi connectivity index (χ1) is 14.9. The molecule has 0 bridgehead atoms. The summed E-state index contributed by atoms with van der Waals surface area (Å²) in [5, 5.41) is 8.25. The molecule has 0 fully saturated rings. The van der Waals surface area contributed by atoms with Gasteiger partial charge in [0.25, 0.3) is 5.91 Å². The number of hydrazone groups is 1. The van der Waals surface area contributed by atoms with E-state index in [9.17, 15) is 9.59 Å². The van der Waals surface area contributed by atoms with E-state index in [2.05, 4.69) is 31.6 Å². The number of ether oxygens (including phenoxy) is 2. The van der Waals surface area contributed by atoms with Crippen molar-refractivity contribution in [3.05, 3.63) is 75.5 Å². The zero-order valence-corrected chi connectivity index (χ0v) is 18.8. The molecule has 1 heterocycles. The minimum atomic E-state index is -0.485. The van der Waals surface area contributed by atoms with E-state index in [4.69, 9.17) is 9.47 Å². The van der Waals surface area contributed by atoms with Gasteiger partial charge in [-0.1, -0.05) is 12.1 Å². The van der Waals surface area contributed by atoms with Gasteiger partial charge in [0, 0.05) is 0 Å². The topological polar surface area (TPSA) is 94.8 Å². The number of benzene rings is 2. The molecule has 0 saturated heterocycles. The first-order valence-electron chi connectivity index (χ1n) is 9.35. The van der Waals surface area contributed by atoms with Crippen LogP contribution in [0.5, 0.6) is 11.5 Å². The van der Waals surface area contributed by atoms with Gasteiger partial charge in [-0.05, 0) is 71.7 Å². The van der Waals surface area contributed by atoms with Crippen molar-refractivity contribution in [2.24, 2.45) is 5.10 Å². The molecule has 0 spiro atoms. The molecule has 160 valence electrons.